The SMILES string of the molecule is CC1(C)C(=C=C2CCCCC2)C1CO. The lowest BCUT2D eigenvalue weighted by molar-refractivity contribution is 0.259. The number of aliphatic hydroxyl groups excluding tert-OH is 1. The molecule has 1 heteroatoms. The van der Waals surface area contributed by atoms with Gasteiger partial charge < -0.3 is 5.11 Å². The van der Waals surface area contributed by atoms with E-state index in [2.05, 4.69) is 19.6 Å². The van der Waals surface area contributed by atoms with Gasteiger partial charge in [-0.3, -0.25) is 0 Å². The summed E-state index contributed by atoms with van der Waals surface area (Å²) >= 11 is 0. The predicted molar refractivity (Wildman–Crippen MR) is 58.0 cm³/mol. The summed E-state index contributed by atoms with van der Waals surface area (Å²) in [5.74, 6) is 0.386. The first-order valence-corrected chi connectivity index (χ1v) is 5.76. The summed E-state index contributed by atoms with van der Waals surface area (Å²) in [6.45, 7) is 4.71. The largest absolute Gasteiger partial charge is 0.396 e. The van der Waals surface area contributed by atoms with Gasteiger partial charge in [0.05, 0.1) is 6.61 Å². The fourth-order valence-corrected chi connectivity index (χ4v) is 2.50. The van der Waals surface area contributed by atoms with Crippen LogP contribution in [0.25, 0.3) is 0 Å². The molecule has 14 heavy (non-hydrogen) atoms. The van der Waals surface area contributed by atoms with Crippen molar-refractivity contribution in [1.82, 2.24) is 0 Å². The topological polar surface area (TPSA) is 20.2 Å². The zero-order valence-electron chi connectivity index (χ0n) is 9.27. The van der Waals surface area contributed by atoms with E-state index in [9.17, 15) is 5.11 Å². The maximum absolute atomic E-state index is 9.17. The summed E-state index contributed by atoms with van der Waals surface area (Å²) in [6.07, 6.45) is 6.52. The molecule has 0 radical (unpaired) electrons. The minimum Gasteiger partial charge on any atom is -0.396 e. The van der Waals surface area contributed by atoms with E-state index >= 15 is 0 Å². The summed E-state index contributed by atoms with van der Waals surface area (Å²) in [5.41, 5.74) is 6.63. The number of aliphatic hydroxyl groups is 1. The molecule has 78 valence electrons. The Labute approximate surface area is 86.5 Å². The van der Waals surface area contributed by atoms with Crippen LogP contribution in [0, 0.1) is 11.3 Å². The van der Waals surface area contributed by atoms with Crippen LogP contribution in [0.3, 0.4) is 0 Å². The van der Waals surface area contributed by atoms with E-state index < -0.39 is 0 Å². The second kappa shape index (κ2) is 3.56. The molecule has 2 rings (SSSR count). The van der Waals surface area contributed by atoms with Gasteiger partial charge in [0.1, 0.15) is 0 Å². The van der Waals surface area contributed by atoms with Crippen molar-refractivity contribution in [1.29, 1.82) is 0 Å². The van der Waals surface area contributed by atoms with Gasteiger partial charge in [0.15, 0.2) is 0 Å². The molecule has 1 atom stereocenters. The molecule has 1 unspecified atom stereocenters. The number of rotatable bonds is 1. The third-order valence-corrected chi connectivity index (χ3v) is 3.78. The molecule has 0 aliphatic heterocycles. The van der Waals surface area contributed by atoms with Gasteiger partial charge in [0.2, 0.25) is 0 Å². The highest BCUT2D eigenvalue weighted by Crippen LogP contribution is 2.57. The highest BCUT2D eigenvalue weighted by atomic mass is 16.3. The molecule has 1 N–H and O–H groups in total. The second-order valence-electron chi connectivity index (χ2n) is 5.16. The maximum atomic E-state index is 9.17. The minimum atomic E-state index is 0.221. The Balaban J connectivity index is 2.18. The molecule has 2 saturated carbocycles. The van der Waals surface area contributed by atoms with Crippen molar-refractivity contribution in [3.05, 3.63) is 16.9 Å². The van der Waals surface area contributed by atoms with Crippen molar-refractivity contribution in [2.45, 2.75) is 46.0 Å². The molecule has 0 saturated heterocycles. The fourth-order valence-electron chi connectivity index (χ4n) is 2.50. The van der Waals surface area contributed by atoms with Crippen LogP contribution in [-0.4, -0.2) is 11.7 Å². The summed E-state index contributed by atoms with van der Waals surface area (Å²) in [7, 11) is 0. The summed E-state index contributed by atoms with van der Waals surface area (Å²) < 4.78 is 0. The van der Waals surface area contributed by atoms with Gasteiger partial charge in [0.25, 0.3) is 0 Å². The highest BCUT2D eigenvalue weighted by Gasteiger charge is 2.51. The van der Waals surface area contributed by atoms with E-state index in [1.807, 2.05) is 0 Å². The maximum Gasteiger partial charge on any atom is 0.0511 e. The molecule has 0 aromatic heterocycles. The van der Waals surface area contributed by atoms with Gasteiger partial charge >= 0.3 is 0 Å². The highest BCUT2D eigenvalue weighted by molar-refractivity contribution is 5.36. The molecule has 0 aromatic carbocycles. The zero-order chi connectivity index (χ0) is 10.2. The molecule has 0 bridgehead atoms. The van der Waals surface area contributed by atoms with E-state index in [0.29, 0.717) is 12.5 Å². The first-order valence-electron chi connectivity index (χ1n) is 5.76. The molecular weight excluding hydrogens is 172 g/mol. The van der Waals surface area contributed by atoms with Crippen LogP contribution in [0.1, 0.15) is 46.0 Å². The van der Waals surface area contributed by atoms with Crippen molar-refractivity contribution >= 4 is 0 Å². The summed E-state index contributed by atoms with van der Waals surface area (Å²) in [5, 5.41) is 9.17. The average molecular weight is 192 g/mol. The van der Waals surface area contributed by atoms with Gasteiger partial charge in [-0.05, 0) is 36.8 Å². The Morgan fingerprint density at radius 3 is 2.43 bits per heavy atom. The van der Waals surface area contributed by atoms with Gasteiger partial charge in [0, 0.05) is 11.3 Å². The summed E-state index contributed by atoms with van der Waals surface area (Å²) in [4.78, 5) is 0. The minimum absolute atomic E-state index is 0.221. The molecule has 2 aliphatic carbocycles. The van der Waals surface area contributed by atoms with E-state index in [1.54, 1.807) is 0 Å². The Hall–Kier alpha value is -0.520. The lowest BCUT2D eigenvalue weighted by Crippen LogP contribution is -1.93. The number of hydrogen-bond acceptors (Lipinski definition) is 1. The lowest BCUT2D eigenvalue weighted by Gasteiger charge is -2.10. The lowest BCUT2D eigenvalue weighted by atomic mass is 9.95. The van der Waals surface area contributed by atoms with Crippen molar-refractivity contribution in [3.63, 3.8) is 0 Å². The zero-order valence-corrected chi connectivity index (χ0v) is 9.27. The molecule has 0 spiro atoms. The molecule has 0 amide bonds. The first kappa shape index (κ1) is 10.0. The van der Waals surface area contributed by atoms with Crippen LogP contribution in [0.2, 0.25) is 0 Å². The van der Waals surface area contributed by atoms with Crippen LogP contribution in [0.15, 0.2) is 16.9 Å². The van der Waals surface area contributed by atoms with E-state index in [1.165, 1.54) is 43.3 Å². The van der Waals surface area contributed by atoms with Crippen molar-refractivity contribution in [2.75, 3.05) is 6.61 Å². The van der Waals surface area contributed by atoms with Gasteiger partial charge in [-0.2, -0.15) is 0 Å². The molecular formula is C13H20O. The van der Waals surface area contributed by atoms with Gasteiger partial charge in [-0.1, -0.05) is 20.3 Å². The van der Waals surface area contributed by atoms with E-state index in [-0.39, 0.29) is 5.41 Å². The number of hydrogen-bond donors (Lipinski definition) is 1. The van der Waals surface area contributed by atoms with Crippen LogP contribution >= 0.6 is 0 Å². The summed E-state index contributed by atoms with van der Waals surface area (Å²) in [6, 6.07) is 0. The molecule has 0 heterocycles. The fraction of sp³-hybridized carbons (Fsp3) is 0.769. The monoisotopic (exact) mass is 192 g/mol. The third kappa shape index (κ3) is 1.67. The Morgan fingerprint density at radius 1 is 1.29 bits per heavy atom. The van der Waals surface area contributed by atoms with Crippen molar-refractivity contribution in [2.24, 2.45) is 11.3 Å². The van der Waals surface area contributed by atoms with E-state index in [0.717, 1.165) is 0 Å². The smallest absolute Gasteiger partial charge is 0.0511 e. The van der Waals surface area contributed by atoms with Crippen LogP contribution in [0.4, 0.5) is 0 Å². The van der Waals surface area contributed by atoms with Crippen LogP contribution < -0.4 is 0 Å². The van der Waals surface area contributed by atoms with Crippen molar-refractivity contribution < 1.29 is 5.11 Å². The quantitative estimate of drug-likeness (QED) is 0.633. The normalized spacial score (nSPS) is 30.1. The Morgan fingerprint density at radius 2 is 1.93 bits per heavy atom. The van der Waals surface area contributed by atoms with Crippen LogP contribution in [-0.2, 0) is 0 Å². The van der Waals surface area contributed by atoms with Gasteiger partial charge in [-0.25, -0.2) is 0 Å². The van der Waals surface area contributed by atoms with Gasteiger partial charge in [-0.15, -0.1) is 5.73 Å². The van der Waals surface area contributed by atoms with Crippen molar-refractivity contribution in [3.8, 4) is 0 Å². The molecule has 2 fully saturated rings. The third-order valence-electron chi connectivity index (χ3n) is 3.78. The standard InChI is InChI=1S/C13H20O/c1-13(2)11(12(13)9-14)8-10-6-4-3-5-7-10/h12,14H,3-7,9H2,1-2H3. The Kier molecular flexibility index (Phi) is 2.55. The van der Waals surface area contributed by atoms with Crippen LogP contribution in [0.5, 0.6) is 0 Å². The molecule has 0 aromatic rings. The van der Waals surface area contributed by atoms with E-state index in [4.69, 9.17) is 0 Å². The predicted octanol–water partition coefficient (Wildman–Crippen LogP) is 3.05. The Bertz CT molecular complexity index is 284. The molecule has 1 nitrogen and oxygen atoms in total. The second-order valence-corrected chi connectivity index (χ2v) is 5.16. The molecule has 2 aliphatic rings. The average Bonchev–Trinajstić information content (AvgIpc) is 2.69. The first-order chi connectivity index (χ1) is 6.66.